The van der Waals surface area contributed by atoms with Crippen molar-refractivity contribution in [3.05, 3.63) is 88.2 Å². The maximum atomic E-state index is 12.8. The summed E-state index contributed by atoms with van der Waals surface area (Å²) in [4.78, 5) is 36.0. The zero-order valence-electron chi connectivity index (χ0n) is 16.6. The van der Waals surface area contributed by atoms with Gasteiger partial charge in [0.1, 0.15) is 6.04 Å². The second-order valence-electron chi connectivity index (χ2n) is 7.42. The highest BCUT2D eigenvalue weighted by molar-refractivity contribution is 5.96. The van der Waals surface area contributed by atoms with Gasteiger partial charge in [-0.25, -0.2) is 4.68 Å². The molecule has 1 unspecified atom stereocenters. The third-order valence-corrected chi connectivity index (χ3v) is 4.96. The Hall–Kier alpha value is -4.01. The van der Waals surface area contributed by atoms with Gasteiger partial charge in [-0.05, 0) is 30.5 Å². The minimum absolute atomic E-state index is 0.0707. The van der Waals surface area contributed by atoms with Crippen LogP contribution in [0.3, 0.4) is 0 Å². The average Bonchev–Trinajstić information content (AvgIpc) is 3.45. The van der Waals surface area contributed by atoms with Crippen LogP contribution in [0.5, 0.6) is 0 Å². The molecule has 0 aliphatic heterocycles. The molecule has 1 aliphatic carbocycles. The lowest BCUT2D eigenvalue weighted by atomic mass is 10.0. The Morgan fingerprint density at radius 2 is 1.90 bits per heavy atom. The zero-order valence-corrected chi connectivity index (χ0v) is 16.6. The quantitative estimate of drug-likeness (QED) is 0.429. The number of amides is 2. The Kier molecular flexibility index (Phi) is 5.74. The van der Waals surface area contributed by atoms with Crippen molar-refractivity contribution in [3.8, 4) is 5.69 Å². The predicted octanol–water partition coefficient (Wildman–Crippen LogP) is 2.40. The maximum Gasteiger partial charge on any atom is 0.272 e. The van der Waals surface area contributed by atoms with E-state index in [1.165, 1.54) is 22.9 Å². The van der Waals surface area contributed by atoms with Gasteiger partial charge in [0.05, 0.1) is 10.6 Å². The molecule has 0 radical (unpaired) electrons. The summed E-state index contributed by atoms with van der Waals surface area (Å²) in [6.07, 6.45) is 3.80. The lowest BCUT2D eigenvalue weighted by molar-refractivity contribution is -0.384. The molecule has 9 nitrogen and oxygen atoms in total. The first kappa shape index (κ1) is 20.3. The van der Waals surface area contributed by atoms with Crippen molar-refractivity contribution < 1.29 is 14.5 Å². The van der Waals surface area contributed by atoms with E-state index in [1.54, 1.807) is 18.3 Å². The standard InChI is InChI=1S/C22H21N5O4/c28-21(19-11-12-26(25-19)17-7-4-8-18(14-17)27(30)31)24-20(22(29)23-16-9-10-16)13-15-5-2-1-3-6-15/h1-8,11-12,14,16,20H,9-10,13H2,(H,23,29)(H,24,28). The van der Waals surface area contributed by atoms with Crippen LogP contribution in [0.2, 0.25) is 0 Å². The largest absolute Gasteiger partial charge is 0.352 e. The molecule has 2 aromatic carbocycles. The summed E-state index contributed by atoms with van der Waals surface area (Å²) in [5.41, 5.74) is 1.43. The van der Waals surface area contributed by atoms with Gasteiger partial charge >= 0.3 is 0 Å². The van der Waals surface area contributed by atoms with Gasteiger partial charge in [0.15, 0.2) is 5.69 Å². The first-order valence-electron chi connectivity index (χ1n) is 9.95. The molecule has 0 bridgehead atoms. The molecule has 1 aliphatic rings. The Morgan fingerprint density at radius 3 is 2.61 bits per heavy atom. The number of rotatable bonds is 8. The normalized spacial score (nSPS) is 13.9. The zero-order chi connectivity index (χ0) is 21.8. The van der Waals surface area contributed by atoms with Crippen molar-refractivity contribution in [1.82, 2.24) is 20.4 Å². The van der Waals surface area contributed by atoms with Crippen LogP contribution < -0.4 is 10.6 Å². The number of nitrogens with one attached hydrogen (secondary N) is 2. The van der Waals surface area contributed by atoms with Crippen LogP contribution in [0.4, 0.5) is 5.69 Å². The fourth-order valence-corrected chi connectivity index (χ4v) is 3.16. The molecular weight excluding hydrogens is 398 g/mol. The van der Waals surface area contributed by atoms with E-state index in [0.717, 1.165) is 18.4 Å². The van der Waals surface area contributed by atoms with Crippen molar-refractivity contribution in [3.63, 3.8) is 0 Å². The van der Waals surface area contributed by atoms with Gasteiger partial charge in [-0.15, -0.1) is 0 Å². The molecule has 1 fully saturated rings. The highest BCUT2D eigenvalue weighted by Crippen LogP contribution is 2.19. The molecule has 3 aromatic rings. The van der Waals surface area contributed by atoms with Crippen molar-refractivity contribution in [2.45, 2.75) is 31.3 Å². The molecule has 4 rings (SSSR count). The molecule has 9 heteroatoms. The lowest BCUT2D eigenvalue weighted by Crippen LogP contribution is -2.48. The van der Waals surface area contributed by atoms with Crippen LogP contribution in [-0.4, -0.2) is 38.6 Å². The van der Waals surface area contributed by atoms with Crippen molar-refractivity contribution in [2.75, 3.05) is 0 Å². The number of hydrogen-bond donors (Lipinski definition) is 2. The molecule has 1 aromatic heterocycles. The molecule has 0 spiro atoms. The molecule has 2 amide bonds. The van der Waals surface area contributed by atoms with Crippen LogP contribution in [0.15, 0.2) is 66.9 Å². The van der Waals surface area contributed by atoms with Gasteiger partial charge in [-0.2, -0.15) is 5.10 Å². The summed E-state index contributed by atoms with van der Waals surface area (Å²) >= 11 is 0. The third-order valence-electron chi connectivity index (χ3n) is 4.96. The monoisotopic (exact) mass is 419 g/mol. The lowest BCUT2D eigenvalue weighted by Gasteiger charge is -2.18. The number of non-ortho nitro benzene ring substituents is 1. The second-order valence-corrected chi connectivity index (χ2v) is 7.42. The summed E-state index contributed by atoms with van der Waals surface area (Å²) in [7, 11) is 0. The summed E-state index contributed by atoms with van der Waals surface area (Å²) in [6, 6.07) is 16.4. The van der Waals surface area contributed by atoms with E-state index in [-0.39, 0.29) is 23.3 Å². The Morgan fingerprint density at radius 1 is 1.13 bits per heavy atom. The highest BCUT2D eigenvalue weighted by atomic mass is 16.6. The number of carbonyl (C=O) groups is 2. The number of benzene rings is 2. The Bertz CT molecular complexity index is 1110. The number of carbonyl (C=O) groups excluding carboxylic acids is 2. The molecule has 158 valence electrons. The summed E-state index contributed by atoms with van der Waals surface area (Å²) in [6.45, 7) is 0. The van der Waals surface area contributed by atoms with Gasteiger partial charge in [-0.3, -0.25) is 19.7 Å². The first-order chi connectivity index (χ1) is 15.0. The van der Waals surface area contributed by atoms with Gasteiger partial charge in [0.2, 0.25) is 5.91 Å². The molecule has 31 heavy (non-hydrogen) atoms. The van der Waals surface area contributed by atoms with Crippen LogP contribution in [-0.2, 0) is 11.2 Å². The molecule has 1 atom stereocenters. The minimum Gasteiger partial charge on any atom is -0.352 e. The number of nitro groups is 1. The van der Waals surface area contributed by atoms with Crippen LogP contribution in [0.1, 0.15) is 28.9 Å². The Balaban J connectivity index is 1.50. The highest BCUT2D eigenvalue weighted by Gasteiger charge is 2.29. The van der Waals surface area contributed by atoms with E-state index in [1.807, 2.05) is 30.3 Å². The third kappa shape index (κ3) is 5.13. The molecule has 0 saturated heterocycles. The topological polar surface area (TPSA) is 119 Å². The van der Waals surface area contributed by atoms with Gasteiger partial charge < -0.3 is 10.6 Å². The number of nitro benzene ring substituents is 1. The van der Waals surface area contributed by atoms with Crippen molar-refractivity contribution >= 4 is 17.5 Å². The molecular formula is C22H21N5O4. The number of aromatic nitrogens is 2. The predicted molar refractivity (Wildman–Crippen MR) is 113 cm³/mol. The smallest absolute Gasteiger partial charge is 0.272 e. The van der Waals surface area contributed by atoms with Gasteiger partial charge in [-0.1, -0.05) is 36.4 Å². The molecule has 1 heterocycles. The van der Waals surface area contributed by atoms with Crippen LogP contribution in [0, 0.1) is 10.1 Å². The maximum absolute atomic E-state index is 12.8. The number of hydrogen-bond acceptors (Lipinski definition) is 5. The fraction of sp³-hybridized carbons (Fsp3) is 0.227. The summed E-state index contributed by atoms with van der Waals surface area (Å²) in [5.74, 6) is -0.714. The number of nitrogens with zero attached hydrogens (tertiary/aromatic N) is 3. The fourth-order valence-electron chi connectivity index (χ4n) is 3.16. The second kappa shape index (κ2) is 8.78. The first-order valence-corrected chi connectivity index (χ1v) is 9.95. The summed E-state index contributed by atoms with van der Waals surface area (Å²) < 4.78 is 1.39. The van der Waals surface area contributed by atoms with Crippen molar-refractivity contribution in [2.24, 2.45) is 0 Å². The van der Waals surface area contributed by atoms with E-state index in [0.29, 0.717) is 12.1 Å². The van der Waals surface area contributed by atoms with Gasteiger partial charge in [0.25, 0.3) is 11.6 Å². The van der Waals surface area contributed by atoms with E-state index >= 15 is 0 Å². The molecule has 1 saturated carbocycles. The molecule has 2 N–H and O–H groups in total. The van der Waals surface area contributed by atoms with E-state index in [2.05, 4.69) is 15.7 Å². The van der Waals surface area contributed by atoms with E-state index in [9.17, 15) is 19.7 Å². The minimum atomic E-state index is -0.738. The summed E-state index contributed by atoms with van der Waals surface area (Å²) in [5, 5.41) is 20.9. The van der Waals surface area contributed by atoms with E-state index in [4.69, 9.17) is 0 Å². The van der Waals surface area contributed by atoms with Crippen molar-refractivity contribution in [1.29, 1.82) is 0 Å². The SMILES string of the molecule is O=C(NC(Cc1ccccc1)C(=O)NC1CC1)c1ccn(-c2cccc([N+](=O)[O-])c2)n1. The van der Waals surface area contributed by atoms with Gasteiger partial charge in [0, 0.05) is 30.8 Å². The Labute approximate surface area is 178 Å². The van der Waals surface area contributed by atoms with Crippen LogP contribution >= 0.6 is 0 Å². The average molecular weight is 419 g/mol. The van der Waals surface area contributed by atoms with Crippen LogP contribution in [0.25, 0.3) is 5.69 Å². The van der Waals surface area contributed by atoms with E-state index < -0.39 is 16.9 Å².